The zero-order valence-electron chi connectivity index (χ0n) is 13.9. The molecule has 1 amide bonds. The Morgan fingerprint density at radius 1 is 1.30 bits per heavy atom. The number of amides is 1. The average Bonchev–Trinajstić information content (AvgIpc) is 3.08. The van der Waals surface area contributed by atoms with Gasteiger partial charge in [-0.1, -0.05) is 6.07 Å². The minimum atomic E-state index is -4.82. The smallest absolute Gasteiger partial charge is 0.472 e. The molecule has 27 heavy (non-hydrogen) atoms. The molecule has 0 radical (unpaired) electrons. The molecule has 1 aromatic carbocycles. The molecule has 2 heterocycles. The molecule has 140 valence electrons. The average molecular weight is 377 g/mol. The normalized spacial score (nSPS) is 16.7. The number of alkyl halides is 3. The van der Waals surface area contributed by atoms with Crippen LogP contribution in [0.5, 0.6) is 11.6 Å². The van der Waals surface area contributed by atoms with Crippen molar-refractivity contribution in [1.82, 2.24) is 9.88 Å². The van der Waals surface area contributed by atoms with Crippen LogP contribution in [0.1, 0.15) is 22.3 Å². The van der Waals surface area contributed by atoms with E-state index in [0.29, 0.717) is 18.5 Å². The van der Waals surface area contributed by atoms with Crippen LogP contribution in [0, 0.1) is 11.3 Å². The number of likely N-dealkylation sites (tertiary alicyclic amines) is 1. The van der Waals surface area contributed by atoms with Gasteiger partial charge in [-0.2, -0.15) is 5.26 Å². The van der Waals surface area contributed by atoms with Gasteiger partial charge < -0.3 is 14.4 Å². The van der Waals surface area contributed by atoms with E-state index in [1.165, 1.54) is 29.3 Å². The summed E-state index contributed by atoms with van der Waals surface area (Å²) in [7, 11) is 0. The van der Waals surface area contributed by atoms with Crippen LogP contribution in [0.3, 0.4) is 0 Å². The molecule has 1 saturated heterocycles. The van der Waals surface area contributed by atoms with Crippen molar-refractivity contribution in [2.24, 2.45) is 0 Å². The van der Waals surface area contributed by atoms with Gasteiger partial charge in [0.1, 0.15) is 11.9 Å². The molecule has 0 aliphatic carbocycles. The summed E-state index contributed by atoms with van der Waals surface area (Å²) < 4.78 is 46.5. The highest BCUT2D eigenvalue weighted by Crippen LogP contribution is 2.25. The Morgan fingerprint density at radius 2 is 2.11 bits per heavy atom. The van der Waals surface area contributed by atoms with Gasteiger partial charge in [-0.15, -0.1) is 13.2 Å². The number of hydrogen-bond acceptors (Lipinski definition) is 5. The standard InChI is InChI=1S/C18H14F3N3O3/c19-18(20,21)27-14-3-1-2-13(9-14)17(25)24-7-5-15(11-24)26-16-8-12(10-22)4-6-23-16/h1-4,6,8-9,15H,5,7,11H2. The fourth-order valence-corrected chi connectivity index (χ4v) is 2.73. The van der Waals surface area contributed by atoms with E-state index in [1.807, 2.05) is 6.07 Å². The number of carbonyl (C=O) groups excluding carboxylic acids is 1. The summed E-state index contributed by atoms with van der Waals surface area (Å²) in [5.74, 6) is -0.570. The van der Waals surface area contributed by atoms with Gasteiger partial charge in [0, 0.05) is 30.8 Å². The van der Waals surface area contributed by atoms with E-state index < -0.39 is 18.0 Å². The highest BCUT2D eigenvalue weighted by molar-refractivity contribution is 5.94. The number of ether oxygens (including phenoxy) is 2. The predicted molar refractivity (Wildman–Crippen MR) is 87.0 cm³/mol. The molecule has 1 unspecified atom stereocenters. The Kier molecular flexibility index (Phi) is 5.16. The topological polar surface area (TPSA) is 75.5 Å². The molecule has 1 aliphatic rings. The van der Waals surface area contributed by atoms with Crippen LogP contribution >= 0.6 is 0 Å². The Balaban J connectivity index is 1.64. The lowest BCUT2D eigenvalue weighted by atomic mass is 10.2. The molecule has 1 fully saturated rings. The van der Waals surface area contributed by atoms with E-state index in [4.69, 9.17) is 10.00 Å². The second kappa shape index (κ2) is 7.53. The Labute approximate surface area is 152 Å². The molecule has 6 nitrogen and oxygen atoms in total. The SMILES string of the molecule is N#Cc1ccnc(OC2CCN(C(=O)c3cccc(OC(F)(F)F)c3)C2)c1. The number of nitrogens with zero attached hydrogens (tertiary/aromatic N) is 3. The van der Waals surface area contributed by atoms with Gasteiger partial charge >= 0.3 is 6.36 Å². The first-order valence-corrected chi connectivity index (χ1v) is 8.02. The summed E-state index contributed by atoms with van der Waals surface area (Å²) in [6.07, 6.45) is -3.13. The lowest BCUT2D eigenvalue weighted by Crippen LogP contribution is -2.31. The quantitative estimate of drug-likeness (QED) is 0.818. The van der Waals surface area contributed by atoms with E-state index in [-0.39, 0.29) is 24.1 Å². The molecule has 0 N–H and O–H groups in total. The van der Waals surface area contributed by atoms with E-state index in [1.54, 1.807) is 6.07 Å². The van der Waals surface area contributed by atoms with Gasteiger partial charge in [-0.3, -0.25) is 4.79 Å². The molecule has 1 aromatic heterocycles. The maximum atomic E-state index is 12.5. The summed E-state index contributed by atoms with van der Waals surface area (Å²) in [5, 5.41) is 8.89. The van der Waals surface area contributed by atoms with Gasteiger partial charge in [0.25, 0.3) is 5.91 Å². The van der Waals surface area contributed by atoms with Crippen molar-refractivity contribution in [2.45, 2.75) is 18.9 Å². The van der Waals surface area contributed by atoms with Gasteiger partial charge in [0.15, 0.2) is 0 Å². The minimum absolute atomic E-state index is 0.0991. The first kappa shape index (κ1) is 18.5. The van der Waals surface area contributed by atoms with Crippen LogP contribution in [0.15, 0.2) is 42.6 Å². The molecule has 3 rings (SSSR count). The fourth-order valence-electron chi connectivity index (χ4n) is 2.73. The summed E-state index contributed by atoms with van der Waals surface area (Å²) in [4.78, 5) is 18.1. The van der Waals surface area contributed by atoms with Crippen LogP contribution in [0.25, 0.3) is 0 Å². The van der Waals surface area contributed by atoms with E-state index in [0.717, 1.165) is 12.1 Å². The number of pyridine rings is 1. The van der Waals surface area contributed by atoms with E-state index in [2.05, 4.69) is 9.72 Å². The third-order valence-corrected chi connectivity index (χ3v) is 3.90. The third-order valence-electron chi connectivity index (χ3n) is 3.90. The lowest BCUT2D eigenvalue weighted by molar-refractivity contribution is -0.274. The fraction of sp³-hybridized carbons (Fsp3) is 0.278. The largest absolute Gasteiger partial charge is 0.573 e. The van der Waals surface area contributed by atoms with Crippen molar-refractivity contribution in [2.75, 3.05) is 13.1 Å². The zero-order chi connectivity index (χ0) is 19.4. The zero-order valence-corrected chi connectivity index (χ0v) is 13.9. The lowest BCUT2D eigenvalue weighted by Gasteiger charge is -2.17. The number of aromatic nitrogens is 1. The first-order valence-electron chi connectivity index (χ1n) is 8.02. The maximum absolute atomic E-state index is 12.5. The van der Waals surface area contributed by atoms with Crippen molar-refractivity contribution >= 4 is 5.91 Å². The molecule has 0 saturated carbocycles. The Hall–Kier alpha value is -3.28. The molecule has 1 atom stereocenters. The monoisotopic (exact) mass is 377 g/mol. The maximum Gasteiger partial charge on any atom is 0.573 e. The second-order valence-corrected chi connectivity index (χ2v) is 5.85. The molecule has 1 aliphatic heterocycles. The van der Waals surface area contributed by atoms with Crippen molar-refractivity contribution < 1.29 is 27.4 Å². The summed E-state index contributed by atoms with van der Waals surface area (Å²) in [5.41, 5.74) is 0.509. The number of benzene rings is 1. The number of carbonyl (C=O) groups is 1. The van der Waals surface area contributed by atoms with Crippen molar-refractivity contribution in [3.8, 4) is 17.7 Å². The molecule has 2 aromatic rings. The van der Waals surface area contributed by atoms with Crippen LogP contribution in [0.4, 0.5) is 13.2 Å². The minimum Gasteiger partial charge on any atom is -0.472 e. The Morgan fingerprint density at radius 3 is 2.85 bits per heavy atom. The number of rotatable bonds is 4. The highest BCUT2D eigenvalue weighted by atomic mass is 19.4. The second-order valence-electron chi connectivity index (χ2n) is 5.85. The van der Waals surface area contributed by atoms with Crippen molar-refractivity contribution in [1.29, 1.82) is 5.26 Å². The van der Waals surface area contributed by atoms with E-state index in [9.17, 15) is 18.0 Å². The van der Waals surface area contributed by atoms with Crippen molar-refractivity contribution in [3.05, 3.63) is 53.7 Å². The van der Waals surface area contributed by atoms with Crippen LogP contribution < -0.4 is 9.47 Å². The van der Waals surface area contributed by atoms with Crippen LogP contribution in [-0.2, 0) is 0 Å². The molecular formula is C18H14F3N3O3. The first-order chi connectivity index (χ1) is 12.8. The number of hydrogen-bond donors (Lipinski definition) is 0. The number of nitriles is 1. The van der Waals surface area contributed by atoms with Gasteiger partial charge in [0.2, 0.25) is 5.88 Å². The van der Waals surface area contributed by atoms with Gasteiger partial charge in [0.05, 0.1) is 18.2 Å². The molecular weight excluding hydrogens is 363 g/mol. The third kappa shape index (κ3) is 4.88. The van der Waals surface area contributed by atoms with Crippen molar-refractivity contribution in [3.63, 3.8) is 0 Å². The Bertz CT molecular complexity index is 880. The highest BCUT2D eigenvalue weighted by Gasteiger charge is 2.32. The van der Waals surface area contributed by atoms with Crippen LogP contribution in [0.2, 0.25) is 0 Å². The van der Waals surface area contributed by atoms with E-state index >= 15 is 0 Å². The molecule has 0 spiro atoms. The predicted octanol–water partition coefficient (Wildman–Crippen LogP) is 3.15. The van der Waals surface area contributed by atoms with Gasteiger partial charge in [-0.05, 0) is 24.3 Å². The molecule has 0 bridgehead atoms. The molecule has 9 heteroatoms. The summed E-state index contributed by atoms with van der Waals surface area (Å²) >= 11 is 0. The van der Waals surface area contributed by atoms with Gasteiger partial charge in [-0.25, -0.2) is 4.98 Å². The number of halogens is 3. The van der Waals surface area contributed by atoms with Crippen LogP contribution in [-0.4, -0.2) is 41.3 Å². The summed E-state index contributed by atoms with van der Waals surface area (Å²) in [6, 6.07) is 9.98. The summed E-state index contributed by atoms with van der Waals surface area (Å²) in [6.45, 7) is 0.660.